The van der Waals surface area contributed by atoms with Gasteiger partial charge in [0.05, 0.1) is 6.04 Å². The molecule has 0 aromatic carbocycles. The number of rotatable bonds is 4. The zero-order chi connectivity index (χ0) is 17.4. The van der Waals surface area contributed by atoms with E-state index in [9.17, 15) is 9.59 Å². The van der Waals surface area contributed by atoms with Crippen molar-refractivity contribution in [2.24, 2.45) is 16.7 Å². The first kappa shape index (κ1) is 17.6. The average Bonchev–Trinajstić information content (AvgIpc) is 3.23. The maximum Gasteiger partial charge on any atom is 0.224 e. The lowest BCUT2D eigenvalue weighted by atomic mass is 9.75. The largest absolute Gasteiger partial charge is 0.345 e. The zero-order valence-corrected chi connectivity index (χ0v) is 15.0. The molecule has 1 aliphatic carbocycles. The van der Waals surface area contributed by atoms with Gasteiger partial charge >= 0.3 is 0 Å². The van der Waals surface area contributed by atoms with Crippen LogP contribution in [-0.4, -0.2) is 22.7 Å². The minimum atomic E-state index is -0.473. The van der Waals surface area contributed by atoms with Crippen LogP contribution in [0.15, 0.2) is 24.5 Å². The van der Waals surface area contributed by atoms with E-state index in [2.05, 4.69) is 10.3 Å². The molecular formula is C19H28N2O2. The molecule has 0 saturated heterocycles. The van der Waals surface area contributed by atoms with Crippen molar-refractivity contribution in [1.29, 1.82) is 0 Å². The Morgan fingerprint density at radius 2 is 1.70 bits per heavy atom. The molecule has 0 bridgehead atoms. The summed E-state index contributed by atoms with van der Waals surface area (Å²) in [4.78, 5) is 29.3. The fourth-order valence-electron chi connectivity index (χ4n) is 2.82. The number of Topliss-reactive ketones (excluding diaryl/α,β-unsaturated/α-hetero) is 1. The van der Waals surface area contributed by atoms with E-state index < -0.39 is 11.5 Å². The molecule has 4 heteroatoms. The number of ketones is 1. The van der Waals surface area contributed by atoms with Gasteiger partial charge in [-0.3, -0.25) is 14.6 Å². The quantitative estimate of drug-likeness (QED) is 0.927. The van der Waals surface area contributed by atoms with E-state index in [1.807, 2.05) is 53.7 Å². The number of pyridine rings is 1. The van der Waals surface area contributed by atoms with Crippen LogP contribution in [0.25, 0.3) is 0 Å². The average molecular weight is 316 g/mol. The molecule has 1 aromatic rings. The van der Waals surface area contributed by atoms with Crippen LogP contribution >= 0.6 is 0 Å². The van der Waals surface area contributed by atoms with Crippen molar-refractivity contribution in [2.75, 3.05) is 0 Å². The van der Waals surface area contributed by atoms with Crippen LogP contribution in [-0.2, 0) is 9.59 Å². The molecule has 1 aromatic heterocycles. The van der Waals surface area contributed by atoms with Gasteiger partial charge in [0.2, 0.25) is 5.91 Å². The van der Waals surface area contributed by atoms with E-state index in [0.717, 1.165) is 12.0 Å². The highest BCUT2D eigenvalue weighted by Crippen LogP contribution is 2.47. The summed E-state index contributed by atoms with van der Waals surface area (Å²) in [6.45, 7) is 11.7. The molecule has 0 spiro atoms. The first-order valence-corrected chi connectivity index (χ1v) is 8.26. The minimum absolute atomic E-state index is 0.00987. The molecule has 1 N–H and O–H groups in total. The van der Waals surface area contributed by atoms with Crippen molar-refractivity contribution in [3.63, 3.8) is 0 Å². The highest BCUT2D eigenvalue weighted by molar-refractivity contribution is 5.94. The van der Waals surface area contributed by atoms with E-state index >= 15 is 0 Å². The van der Waals surface area contributed by atoms with E-state index in [-0.39, 0.29) is 28.9 Å². The molecule has 1 heterocycles. The molecule has 1 saturated carbocycles. The summed E-state index contributed by atoms with van der Waals surface area (Å²) in [5.74, 6) is 0.294. The summed E-state index contributed by atoms with van der Waals surface area (Å²) in [6.07, 6.45) is 4.35. The Kier molecular flexibility index (Phi) is 4.65. The van der Waals surface area contributed by atoms with Crippen molar-refractivity contribution in [2.45, 2.75) is 59.9 Å². The SMILES string of the molecule is CC(C)(C)C(=O)[C@@H](NC(=O)[C@@H]1CC1c1ccncc1)C(C)(C)C. The predicted octanol–water partition coefficient (Wildman–Crippen LogP) is 3.33. The lowest BCUT2D eigenvalue weighted by Gasteiger charge is -2.34. The molecule has 23 heavy (non-hydrogen) atoms. The molecule has 0 aliphatic heterocycles. The first-order chi connectivity index (χ1) is 10.5. The molecule has 3 atom stereocenters. The van der Waals surface area contributed by atoms with Crippen molar-refractivity contribution in [3.8, 4) is 0 Å². The lowest BCUT2D eigenvalue weighted by molar-refractivity contribution is -0.135. The van der Waals surface area contributed by atoms with Crippen LogP contribution < -0.4 is 5.32 Å². The van der Waals surface area contributed by atoms with Crippen LogP contribution in [0.4, 0.5) is 0 Å². The summed E-state index contributed by atoms with van der Waals surface area (Å²) in [6, 6.07) is 3.45. The van der Waals surface area contributed by atoms with Gasteiger partial charge in [-0.25, -0.2) is 0 Å². The van der Waals surface area contributed by atoms with Crippen molar-refractivity contribution >= 4 is 11.7 Å². The molecule has 2 rings (SSSR count). The summed E-state index contributed by atoms with van der Waals surface area (Å²) >= 11 is 0. The first-order valence-electron chi connectivity index (χ1n) is 8.26. The second-order valence-corrected chi connectivity index (χ2v) is 8.65. The van der Waals surface area contributed by atoms with Crippen LogP contribution in [0.5, 0.6) is 0 Å². The number of aromatic nitrogens is 1. The van der Waals surface area contributed by atoms with E-state index in [4.69, 9.17) is 0 Å². The second kappa shape index (κ2) is 6.06. The van der Waals surface area contributed by atoms with Gasteiger partial charge in [0.25, 0.3) is 0 Å². The number of nitrogens with zero attached hydrogens (tertiary/aromatic N) is 1. The Balaban J connectivity index is 2.07. The molecule has 1 fully saturated rings. The summed E-state index contributed by atoms with van der Waals surface area (Å²) in [5.41, 5.74) is 0.370. The number of carbonyl (C=O) groups excluding carboxylic acids is 2. The van der Waals surface area contributed by atoms with E-state index in [1.165, 1.54) is 0 Å². The Bertz CT molecular complexity index is 582. The molecule has 1 aliphatic rings. The Labute approximate surface area is 139 Å². The maximum atomic E-state index is 12.7. The number of nitrogens with one attached hydrogen (secondary N) is 1. The Morgan fingerprint density at radius 1 is 1.13 bits per heavy atom. The fourth-order valence-corrected chi connectivity index (χ4v) is 2.82. The van der Waals surface area contributed by atoms with Crippen LogP contribution in [0.2, 0.25) is 0 Å². The van der Waals surface area contributed by atoms with Gasteiger partial charge in [0, 0.05) is 23.7 Å². The Hall–Kier alpha value is -1.71. The third-order valence-corrected chi connectivity index (χ3v) is 4.42. The number of carbonyl (C=O) groups is 2. The monoisotopic (exact) mass is 316 g/mol. The number of hydrogen-bond acceptors (Lipinski definition) is 3. The van der Waals surface area contributed by atoms with Crippen LogP contribution in [0, 0.1) is 16.7 Å². The van der Waals surface area contributed by atoms with Gasteiger partial charge < -0.3 is 5.32 Å². The van der Waals surface area contributed by atoms with Gasteiger partial charge in [-0.2, -0.15) is 0 Å². The van der Waals surface area contributed by atoms with Crippen molar-refractivity contribution in [3.05, 3.63) is 30.1 Å². The molecular weight excluding hydrogens is 288 g/mol. The van der Waals surface area contributed by atoms with Crippen LogP contribution in [0.3, 0.4) is 0 Å². The normalized spacial score (nSPS) is 22.3. The topological polar surface area (TPSA) is 59.1 Å². The molecule has 126 valence electrons. The fraction of sp³-hybridized carbons (Fsp3) is 0.632. The van der Waals surface area contributed by atoms with Gasteiger partial charge in [-0.05, 0) is 35.4 Å². The number of amides is 1. The van der Waals surface area contributed by atoms with Crippen molar-refractivity contribution < 1.29 is 9.59 Å². The van der Waals surface area contributed by atoms with Gasteiger partial charge in [-0.15, -0.1) is 0 Å². The molecule has 1 amide bonds. The smallest absolute Gasteiger partial charge is 0.224 e. The highest BCUT2D eigenvalue weighted by Gasteiger charge is 2.46. The minimum Gasteiger partial charge on any atom is -0.345 e. The third kappa shape index (κ3) is 4.18. The van der Waals surface area contributed by atoms with Crippen LogP contribution in [0.1, 0.15) is 59.4 Å². The number of hydrogen-bond donors (Lipinski definition) is 1. The molecule has 4 nitrogen and oxygen atoms in total. The van der Waals surface area contributed by atoms with Gasteiger partial charge in [0.1, 0.15) is 0 Å². The summed E-state index contributed by atoms with van der Waals surface area (Å²) in [5, 5.41) is 3.02. The third-order valence-electron chi connectivity index (χ3n) is 4.42. The molecule has 0 radical (unpaired) electrons. The van der Waals surface area contributed by atoms with E-state index in [1.54, 1.807) is 12.4 Å². The van der Waals surface area contributed by atoms with Gasteiger partial charge in [0.15, 0.2) is 5.78 Å². The standard InChI is InChI=1S/C19H28N2O2/c1-18(2,3)15(16(22)19(4,5)6)21-17(23)14-11-13(14)12-7-9-20-10-8-12/h7-10,13-15H,11H2,1-6H3,(H,21,23)/t13?,14-,15-/m1/s1. The second-order valence-electron chi connectivity index (χ2n) is 8.65. The molecule has 1 unspecified atom stereocenters. The predicted molar refractivity (Wildman–Crippen MR) is 90.9 cm³/mol. The summed E-state index contributed by atoms with van der Waals surface area (Å²) < 4.78 is 0. The van der Waals surface area contributed by atoms with Crippen molar-refractivity contribution in [1.82, 2.24) is 10.3 Å². The van der Waals surface area contributed by atoms with E-state index in [0.29, 0.717) is 0 Å². The Morgan fingerprint density at radius 3 is 2.17 bits per heavy atom. The summed E-state index contributed by atoms with van der Waals surface area (Å²) in [7, 11) is 0. The maximum absolute atomic E-state index is 12.7. The van der Waals surface area contributed by atoms with Gasteiger partial charge in [-0.1, -0.05) is 41.5 Å². The zero-order valence-electron chi connectivity index (χ0n) is 15.0. The highest BCUT2D eigenvalue weighted by atomic mass is 16.2. The lowest BCUT2D eigenvalue weighted by Crippen LogP contribution is -2.53.